The summed E-state index contributed by atoms with van der Waals surface area (Å²) in [4.78, 5) is 2.47. The quantitative estimate of drug-likeness (QED) is 0.243. The fourth-order valence-electron chi connectivity index (χ4n) is 5.43. The normalized spacial score (nSPS) is 17.3. The second kappa shape index (κ2) is 15.4. The Balaban J connectivity index is 0.00000533. The molecular formula is C30H46BrN4O2S2-. The van der Waals surface area contributed by atoms with E-state index >= 15 is 0 Å². The predicted molar refractivity (Wildman–Crippen MR) is 165 cm³/mol. The number of benzene rings is 2. The monoisotopic (exact) mass is 637 g/mol. The van der Waals surface area contributed by atoms with Crippen molar-refractivity contribution in [1.29, 1.82) is 0 Å². The Morgan fingerprint density at radius 3 is 2.28 bits per heavy atom. The zero-order chi connectivity index (χ0) is 27.8. The number of nitrogens with zero attached hydrogens (tertiary/aromatic N) is 1. The van der Waals surface area contributed by atoms with Crippen LogP contribution in [0.2, 0.25) is 0 Å². The molecule has 1 aliphatic heterocycles. The maximum atomic E-state index is 14.0. The maximum absolute atomic E-state index is 14.0. The molecule has 0 saturated carbocycles. The van der Waals surface area contributed by atoms with Gasteiger partial charge >= 0.3 is 0 Å². The second-order valence-corrected chi connectivity index (χ2v) is 13.1. The van der Waals surface area contributed by atoms with Crippen molar-refractivity contribution in [3.05, 3.63) is 53.6 Å². The van der Waals surface area contributed by atoms with Crippen LogP contribution in [0.25, 0.3) is 0 Å². The molecule has 0 spiro atoms. The first-order valence-corrected chi connectivity index (χ1v) is 16.2. The molecule has 0 bridgehead atoms. The highest BCUT2D eigenvalue weighted by molar-refractivity contribution is 7.91. The molecule has 0 aromatic heterocycles. The van der Waals surface area contributed by atoms with Gasteiger partial charge in [-0.2, -0.15) is 0 Å². The van der Waals surface area contributed by atoms with Crippen LogP contribution in [0.3, 0.4) is 0 Å². The van der Waals surface area contributed by atoms with Gasteiger partial charge in [0.25, 0.3) is 0 Å². The molecule has 0 fully saturated rings. The number of sulfone groups is 1. The first-order valence-electron chi connectivity index (χ1n) is 14.1. The molecular weight excluding hydrogens is 592 g/mol. The van der Waals surface area contributed by atoms with Gasteiger partial charge in [0, 0.05) is 37.6 Å². The van der Waals surface area contributed by atoms with E-state index in [1.165, 1.54) is 0 Å². The molecule has 0 amide bonds. The smallest absolute Gasteiger partial charge is 0.180 e. The first-order chi connectivity index (χ1) is 18.1. The Labute approximate surface area is 252 Å². The van der Waals surface area contributed by atoms with Crippen LogP contribution in [0.1, 0.15) is 89.3 Å². The zero-order valence-electron chi connectivity index (χ0n) is 24.1. The van der Waals surface area contributed by atoms with E-state index in [0.717, 1.165) is 80.4 Å². The topological polar surface area (TPSA) is 73.5 Å². The first kappa shape index (κ1) is 33.5. The van der Waals surface area contributed by atoms with Crippen LogP contribution >= 0.6 is 12.2 Å². The third-order valence-corrected chi connectivity index (χ3v) is 9.63. The van der Waals surface area contributed by atoms with Gasteiger partial charge in [0.15, 0.2) is 14.9 Å². The molecule has 3 N–H and O–H groups in total. The summed E-state index contributed by atoms with van der Waals surface area (Å²) >= 11 is 5.43. The standard InChI is InChI=1S/C30H46N4O2S2.BrH/c1-6-9-11-18-30(19-12-10-7-2)22-38(35,36)27-17-16-25(34(4)5)21-26(27)28(33-30)23-14-13-15-24(20-23)32-29(37)31-8-3;/h13-17,20-21,28,33H,6-12,18-19,22H2,1-5H3,(H2,31,32,37);1H/p-1. The van der Waals surface area contributed by atoms with Crippen molar-refractivity contribution < 1.29 is 25.4 Å². The molecule has 1 unspecified atom stereocenters. The number of nitrogens with one attached hydrogen (secondary N) is 3. The summed E-state index contributed by atoms with van der Waals surface area (Å²) in [6.07, 6.45) is 8.11. The van der Waals surface area contributed by atoms with E-state index < -0.39 is 15.4 Å². The summed E-state index contributed by atoms with van der Waals surface area (Å²) < 4.78 is 28.1. The number of fused-ring (bicyclic) bond motifs is 1. The van der Waals surface area contributed by atoms with Crippen LogP contribution in [0, 0.1) is 0 Å². The van der Waals surface area contributed by atoms with E-state index in [0.29, 0.717) is 10.0 Å². The lowest BCUT2D eigenvalue weighted by Crippen LogP contribution is -3.00. The van der Waals surface area contributed by atoms with Gasteiger partial charge in [0.2, 0.25) is 0 Å². The highest BCUT2D eigenvalue weighted by atomic mass is 79.9. The fraction of sp³-hybridized carbons (Fsp3) is 0.567. The Kier molecular flexibility index (Phi) is 13.2. The zero-order valence-corrected chi connectivity index (χ0v) is 27.4. The van der Waals surface area contributed by atoms with E-state index in [1.807, 2.05) is 56.3 Å². The summed E-state index contributed by atoms with van der Waals surface area (Å²) in [5.41, 5.74) is 3.22. The van der Waals surface area contributed by atoms with E-state index in [1.54, 1.807) is 0 Å². The lowest BCUT2D eigenvalue weighted by molar-refractivity contribution is -0.0000110. The molecule has 2 aromatic carbocycles. The summed E-state index contributed by atoms with van der Waals surface area (Å²) in [5.74, 6) is 0.126. The van der Waals surface area contributed by atoms with Crippen molar-refractivity contribution >= 4 is 38.5 Å². The van der Waals surface area contributed by atoms with E-state index in [-0.39, 0.29) is 28.8 Å². The SMILES string of the molecule is CCCCCC1(CCCCC)CS(=O)(=O)c2ccc(N(C)C)cc2C(c2cccc(NC(=S)NCC)c2)N1.[Br-]. The van der Waals surface area contributed by atoms with E-state index in [2.05, 4.69) is 41.9 Å². The molecule has 218 valence electrons. The van der Waals surface area contributed by atoms with Crippen LogP contribution in [0.4, 0.5) is 11.4 Å². The maximum Gasteiger partial charge on any atom is 0.180 e. The molecule has 1 heterocycles. The molecule has 2 aromatic rings. The summed E-state index contributed by atoms with van der Waals surface area (Å²) in [5, 5.41) is 11.0. The molecule has 0 radical (unpaired) electrons. The largest absolute Gasteiger partial charge is 1.00 e. The highest BCUT2D eigenvalue weighted by Crippen LogP contribution is 2.40. The van der Waals surface area contributed by atoms with Gasteiger partial charge in [-0.05, 0) is 73.4 Å². The van der Waals surface area contributed by atoms with Gasteiger partial charge in [-0.15, -0.1) is 0 Å². The van der Waals surface area contributed by atoms with Crippen LogP contribution < -0.4 is 37.8 Å². The van der Waals surface area contributed by atoms with E-state index in [4.69, 9.17) is 12.2 Å². The van der Waals surface area contributed by atoms with Crippen molar-refractivity contribution in [2.24, 2.45) is 0 Å². The molecule has 6 nitrogen and oxygen atoms in total. The number of rotatable bonds is 12. The Morgan fingerprint density at radius 2 is 1.69 bits per heavy atom. The lowest BCUT2D eigenvalue weighted by Gasteiger charge is -2.37. The molecule has 0 aliphatic carbocycles. The van der Waals surface area contributed by atoms with Crippen molar-refractivity contribution in [2.45, 2.75) is 88.6 Å². The summed E-state index contributed by atoms with van der Waals surface area (Å²) in [7, 11) is 0.467. The van der Waals surface area contributed by atoms with Gasteiger partial charge in [-0.1, -0.05) is 64.5 Å². The minimum atomic E-state index is -3.51. The molecule has 1 aliphatic rings. The van der Waals surface area contributed by atoms with Crippen molar-refractivity contribution in [1.82, 2.24) is 10.6 Å². The van der Waals surface area contributed by atoms with Crippen molar-refractivity contribution in [3.63, 3.8) is 0 Å². The molecule has 9 heteroatoms. The number of halogens is 1. The average molecular weight is 639 g/mol. The third kappa shape index (κ3) is 8.90. The lowest BCUT2D eigenvalue weighted by atomic mass is 9.85. The van der Waals surface area contributed by atoms with Gasteiger partial charge in [0.1, 0.15) is 0 Å². The van der Waals surface area contributed by atoms with Crippen LogP contribution in [0.15, 0.2) is 47.4 Å². The van der Waals surface area contributed by atoms with Gasteiger partial charge in [-0.3, -0.25) is 5.32 Å². The van der Waals surface area contributed by atoms with Crippen molar-refractivity contribution in [2.75, 3.05) is 36.6 Å². The number of anilines is 2. The average Bonchev–Trinajstić information content (AvgIpc) is 2.96. The summed E-state index contributed by atoms with van der Waals surface area (Å²) in [6.45, 7) is 7.14. The van der Waals surface area contributed by atoms with Gasteiger partial charge in [0.05, 0.1) is 16.7 Å². The third-order valence-electron chi connectivity index (χ3n) is 7.41. The second-order valence-electron chi connectivity index (χ2n) is 10.8. The van der Waals surface area contributed by atoms with Crippen LogP contribution in [-0.4, -0.2) is 45.5 Å². The van der Waals surface area contributed by atoms with Gasteiger partial charge in [-0.25, -0.2) is 8.42 Å². The Morgan fingerprint density at radius 1 is 1.03 bits per heavy atom. The molecule has 39 heavy (non-hydrogen) atoms. The predicted octanol–water partition coefficient (Wildman–Crippen LogP) is 3.43. The number of thiocarbonyl (C=S) groups is 1. The highest BCUT2D eigenvalue weighted by Gasteiger charge is 2.42. The molecule has 1 atom stereocenters. The fourth-order valence-corrected chi connectivity index (χ4v) is 7.75. The molecule has 3 rings (SSSR count). The number of unbranched alkanes of at least 4 members (excludes halogenated alkanes) is 4. The number of hydrogen-bond donors (Lipinski definition) is 3. The Bertz CT molecular complexity index is 1180. The van der Waals surface area contributed by atoms with Crippen molar-refractivity contribution in [3.8, 4) is 0 Å². The summed E-state index contributed by atoms with van der Waals surface area (Å²) in [6, 6.07) is 13.7. The van der Waals surface area contributed by atoms with Crippen LogP contribution in [0.5, 0.6) is 0 Å². The minimum absolute atomic E-state index is 0. The van der Waals surface area contributed by atoms with Gasteiger partial charge < -0.3 is 32.5 Å². The minimum Gasteiger partial charge on any atom is -1.00 e. The molecule has 0 saturated heterocycles. The van der Waals surface area contributed by atoms with Crippen LogP contribution in [-0.2, 0) is 9.84 Å². The Hall–Kier alpha value is -1.68. The number of hydrogen-bond acceptors (Lipinski definition) is 5. The van der Waals surface area contributed by atoms with E-state index in [9.17, 15) is 8.42 Å².